The number of amides is 2. The second-order valence-electron chi connectivity index (χ2n) is 8.80. The predicted octanol–water partition coefficient (Wildman–Crippen LogP) is 1.10. The lowest BCUT2D eigenvalue weighted by atomic mass is 10.0. The Morgan fingerprint density at radius 1 is 0.912 bits per heavy atom. The number of nitrogens with zero attached hydrogens (tertiary/aromatic N) is 3. The lowest BCUT2D eigenvalue weighted by Crippen LogP contribution is -2.58. The van der Waals surface area contributed by atoms with Crippen molar-refractivity contribution in [2.75, 3.05) is 53.6 Å². The van der Waals surface area contributed by atoms with Gasteiger partial charge in [-0.3, -0.25) is 9.59 Å². The molecule has 0 bridgehead atoms. The molecule has 3 fully saturated rings. The highest BCUT2D eigenvalue weighted by atomic mass is 32.2. The molecule has 3 heterocycles. The summed E-state index contributed by atoms with van der Waals surface area (Å²) >= 11 is 0. The van der Waals surface area contributed by atoms with Gasteiger partial charge in [-0.25, -0.2) is 8.42 Å². The molecule has 0 spiro atoms. The minimum absolute atomic E-state index is 0.0129. The first-order valence-corrected chi connectivity index (χ1v) is 13.2. The van der Waals surface area contributed by atoms with Gasteiger partial charge in [-0.05, 0) is 37.8 Å². The summed E-state index contributed by atoms with van der Waals surface area (Å²) < 4.78 is 44.7. The number of piperidine rings is 1. The summed E-state index contributed by atoms with van der Waals surface area (Å²) in [7, 11) is -1.13. The third-order valence-corrected chi connectivity index (χ3v) is 8.73. The van der Waals surface area contributed by atoms with E-state index in [1.165, 1.54) is 24.6 Å². The number of hydrogen-bond donors (Lipinski definition) is 0. The number of piperazine rings is 1. The molecule has 11 heteroatoms. The van der Waals surface area contributed by atoms with Crippen LogP contribution in [0.5, 0.6) is 11.5 Å². The fraction of sp³-hybridized carbons (Fsp3) is 0.652. The monoisotopic (exact) mass is 495 g/mol. The summed E-state index contributed by atoms with van der Waals surface area (Å²) in [5.74, 6) is 0.371. The minimum atomic E-state index is -4.01. The molecule has 188 valence electrons. The van der Waals surface area contributed by atoms with Gasteiger partial charge < -0.3 is 24.0 Å². The molecule has 0 N–H and O–H groups in total. The van der Waals surface area contributed by atoms with Crippen molar-refractivity contribution < 1.29 is 32.2 Å². The van der Waals surface area contributed by atoms with Crippen LogP contribution in [0.1, 0.15) is 32.1 Å². The molecule has 0 radical (unpaired) electrons. The number of methoxy groups -OCH3 is 2. The summed E-state index contributed by atoms with van der Waals surface area (Å²) in [4.78, 5) is 29.5. The van der Waals surface area contributed by atoms with Crippen LogP contribution in [0.15, 0.2) is 23.1 Å². The van der Waals surface area contributed by atoms with E-state index >= 15 is 0 Å². The Bertz CT molecular complexity index is 1000. The molecule has 2 amide bonds. The first-order valence-electron chi connectivity index (χ1n) is 11.8. The molecule has 4 rings (SSSR count). The van der Waals surface area contributed by atoms with Gasteiger partial charge in [-0.1, -0.05) is 6.42 Å². The van der Waals surface area contributed by atoms with Gasteiger partial charge in [0.25, 0.3) is 5.91 Å². The average molecular weight is 496 g/mol. The lowest BCUT2D eigenvalue weighted by molar-refractivity contribution is -0.147. The van der Waals surface area contributed by atoms with Gasteiger partial charge in [0.05, 0.1) is 14.2 Å². The SMILES string of the molecule is COc1ccc(OC)c(S(=O)(=O)N2CCCCC2C(=O)N2CCN(C(=O)C3CCCO3)CC2)c1. The van der Waals surface area contributed by atoms with Gasteiger partial charge in [0, 0.05) is 45.4 Å². The minimum Gasteiger partial charge on any atom is -0.497 e. The normalized spacial score (nSPS) is 24.2. The van der Waals surface area contributed by atoms with E-state index < -0.39 is 16.1 Å². The Morgan fingerprint density at radius 3 is 2.24 bits per heavy atom. The molecule has 0 aromatic heterocycles. The molecular formula is C23H33N3O7S. The van der Waals surface area contributed by atoms with E-state index in [9.17, 15) is 18.0 Å². The third-order valence-electron chi connectivity index (χ3n) is 6.80. The quantitative estimate of drug-likeness (QED) is 0.582. The van der Waals surface area contributed by atoms with Crippen molar-refractivity contribution >= 4 is 21.8 Å². The molecule has 34 heavy (non-hydrogen) atoms. The number of ether oxygens (including phenoxy) is 3. The molecule has 3 aliphatic heterocycles. The fourth-order valence-corrected chi connectivity index (χ4v) is 6.71. The summed E-state index contributed by atoms with van der Waals surface area (Å²) in [6.45, 7) is 2.48. The predicted molar refractivity (Wildman–Crippen MR) is 123 cm³/mol. The van der Waals surface area contributed by atoms with E-state index in [1.54, 1.807) is 21.9 Å². The number of rotatable bonds is 6. The Labute approximate surface area is 200 Å². The molecule has 3 saturated heterocycles. The first kappa shape index (κ1) is 24.7. The first-order chi connectivity index (χ1) is 16.4. The topological polar surface area (TPSA) is 106 Å². The van der Waals surface area contributed by atoms with Crippen LogP contribution in [0.4, 0.5) is 0 Å². The maximum atomic E-state index is 13.7. The number of sulfonamides is 1. The van der Waals surface area contributed by atoms with Gasteiger partial charge >= 0.3 is 0 Å². The fourth-order valence-electron chi connectivity index (χ4n) is 4.89. The molecule has 2 atom stereocenters. The van der Waals surface area contributed by atoms with E-state index in [2.05, 4.69) is 0 Å². The van der Waals surface area contributed by atoms with Crippen LogP contribution in [0.3, 0.4) is 0 Å². The number of hydrogen-bond acceptors (Lipinski definition) is 7. The molecule has 0 saturated carbocycles. The zero-order valence-electron chi connectivity index (χ0n) is 19.8. The Kier molecular flexibility index (Phi) is 7.63. The zero-order valence-corrected chi connectivity index (χ0v) is 20.6. The number of benzene rings is 1. The maximum Gasteiger partial charge on any atom is 0.251 e. The van der Waals surface area contributed by atoms with Crippen molar-refractivity contribution in [2.45, 2.75) is 49.1 Å². The van der Waals surface area contributed by atoms with Crippen molar-refractivity contribution in [2.24, 2.45) is 0 Å². The molecule has 2 unspecified atom stereocenters. The van der Waals surface area contributed by atoms with E-state index in [0.29, 0.717) is 51.4 Å². The van der Waals surface area contributed by atoms with Crippen LogP contribution < -0.4 is 9.47 Å². The van der Waals surface area contributed by atoms with Gasteiger partial charge in [0.2, 0.25) is 15.9 Å². The van der Waals surface area contributed by atoms with E-state index in [1.807, 2.05) is 0 Å². The van der Waals surface area contributed by atoms with Crippen molar-refractivity contribution in [1.29, 1.82) is 0 Å². The van der Waals surface area contributed by atoms with Crippen LogP contribution in [0.2, 0.25) is 0 Å². The molecule has 3 aliphatic rings. The van der Waals surface area contributed by atoms with Crippen LogP contribution in [0.25, 0.3) is 0 Å². The Balaban J connectivity index is 1.49. The lowest BCUT2D eigenvalue weighted by Gasteiger charge is -2.40. The van der Waals surface area contributed by atoms with Gasteiger partial charge in [-0.15, -0.1) is 0 Å². The van der Waals surface area contributed by atoms with Crippen LogP contribution in [0, 0.1) is 0 Å². The smallest absolute Gasteiger partial charge is 0.251 e. The molecule has 1 aromatic rings. The van der Waals surface area contributed by atoms with E-state index in [0.717, 1.165) is 19.3 Å². The maximum absolute atomic E-state index is 13.7. The molecule has 1 aromatic carbocycles. The van der Waals surface area contributed by atoms with Crippen molar-refractivity contribution in [3.63, 3.8) is 0 Å². The molecule has 0 aliphatic carbocycles. The highest BCUT2D eigenvalue weighted by Crippen LogP contribution is 2.34. The van der Waals surface area contributed by atoms with Crippen molar-refractivity contribution in [3.05, 3.63) is 18.2 Å². The second kappa shape index (κ2) is 10.5. The number of carbonyl (C=O) groups is 2. The highest BCUT2D eigenvalue weighted by molar-refractivity contribution is 7.89. The van der Waals surface area contributed by atoms with Gasteiger partial charge in [0.15, 0.2) is 0 Å². The summed E-state index contributed by atoms with van der Waals surface area (Å²) in [6, 6.07) is 3.83. The van der Waals surface area contributed by atoms with E-state index in [-0.39, 0.29) is 35.1 Å². The summed E-state index contributed by atoms with van der Waals surface area (Å²) in [5.41, 5.74) is 0. The molecule has 10 nitrogen and oxygen atoms in total. The average Bonchev–Trinajstić information content (AvgIpc) is 3.42. The molecular weight excluding hydrogens is 462 g/mol. The highest BCUT2D eigenvalue weighted by Gasteiger charge is 2.41. The summed E-state index contributed by atoms with van der Waals surface area (Å²) in [6.07, 6.45) is 3.16. The van der Waals surface area contributed by atoms with Crippen LogP contribution >= 0.6 is 0 Å². The van der Waals surface area contributed by atoms with Crippen molar-refractivity contribution in [3.8, 4) is 11.5 Å². The van der Waals surface area contributed by atoms with E-state index in [4.69, 9.17) is 14.2 Å². The van der Waals surface area contributed by atoms with Crippen LogP contribution in [-0.4, -0.2) is 100 Å². The Hall–Kier alpha value is -2.37. The standard InChI is InChI=1S/C23H33N3O7S/c1-31-17-8-9-19(32-2)21(16-17)34(29,30)26-10-4-3-6-18(26)22(27)24-11-13-25(14-12-24)23(28)20-7-5-15-33-20/h8-9,16,18,20H,3-7,10-15H2,1-2H3. The van der Waals surface area contributed by atoms with Gasteiger partial charge in [-0.2, -0.15) is 4.31 Å². The second-order valence-corrected chi connectivity index (χ2v) is 10.7. The largest absolute Gasteiger partial charge is 0.497 e. The Morgan fingerprint density at radius 2 is 1.62 bits per heavy atom. The van der Waals surface area contributed by atoms with Crippen molar-refractivity contribution in [1.82, 2.24) is 14.1 Å². The van der Waals surface area contributed by atoms with Crippen LogP contribution in [-0.2, 0) is 24.3 Å². The third kappa shape index (κ3) is 4.87. The summed E-state index contributed by atoms with van der Waals surface area (Å²) in [5, 5.41) is 0. The zero-order chi connectivity index (χ0) is 24.3. The number of carbonyl (C=O) groups excluding carboxylic acids is 2. The van der Waals surface area contributed by atoms with Gasteiger partial charge in [0.1, 0.15) is 28.5 Å².